The molecule has 0 aliphatic carbocycles. The van der Waals surface area contributed by atoms with Crippen LogP contribution in [-0.4, -0.2) is 38.1 Å². The molecule has 0 amide bonds. The Kier molecular flexibility index (Phi) is 3.05. The first-order chi connectivity index (χ1) is 9.99. The zero-order valence-corrected chi connectivity index (χ0v) is 12.2. The van der Waals surface area contributed by atoms with E-state index in [-0.39, 0.29) is 4.90 Å². The summed E-state index contributed by atoms with van der Waals surface area (Å²) in [6.45, 7) is 0. The van der Waals surface area contributed by atoms with E-state index >= 15 is 0 Å². The smallest absolute Gasteiger partial charge is 0.198 e. The molecule has 21 heavy (non-hydrogen) atoms. The first-order valence-electron chi connectivity index (χ1n) is 6.00. The molecule has 1 aromatic carbocycles. The average Bonchev–Trinajstić information content (AvgIpc) is 2.93. The van der Waals surface area contributed by atoms with Crippen LogP contribution in [-0.2, 0) is 9.84 Å². The van der Waals surface area contributed by atoms with E-state index in [2.05, 4.69) is 20.4 Å². The van der Waals surface area contributed by atoms with Crippen molar-refractivity contribution in [1.29, 1.82) is 0 Å². The summed E-state index contributed by atoms with van der Waals surface area (Å²) in [5.41, 5.74) is 3.70. The van der Waals surface area contributed by atoms with Crippen molar-refractivity contribution in [1.82, 2.24) is 9.97 Å². The van der Waals surface area contributed by atoms with Gasteiger partial charge in [0, 0.05) is 12.3 Å². The van der Waals surface area contributed by atoms with Crippen molar-refractivity contribution in [3.8, 4) is 5.75 Å². The molecule has 0 fully saturated rings. The van der Waals surface area contributed by atoms with Gasteiger partial charge in [0.1, 0.15) is 17.8 Å². The summed E-state index contributed by atoms with van der Waals surface area (Å²) >= 11 is 0. The SMILES string of the molecule is COc1cc(S(C)(=O)=O)ccc1N1C=Nc2nc[nH]c2N1. The Bertz CT molecular complexity index is 812. The van der Waals surface area contributed by atoms with Gasteiger partial charge in [0.2, 0.25) is 0 Å². The molecule has 1 aromatic heterocycles. The fourth-order valence-electron chi connectivity index (χ4n) is 1.94. The van der Waals surface area contributed by atoms with Crippen LogP contribution in [0.15, 0.2) is 34.4 Å². The molecule has 0 saturated heterocycles. The fraction of sp³-hybridized carbons (Fsp3) is 0.167. The summed E-state index contributed by atoms with van der Waals surface area (Å²) < 4.78 is 28.5. The van der Waals surface area contributed by atoms with E-state index in [1.807, 2.05) is 0 Å². The molecule has 0 atom stereocenters. The summed E-state index contributed by atoms with van der Waals surface area (Å²) in [7, 11) is -1.81. The summed E-state index contributed by atoms with van der Waals surface area (Å²) in [5.74, 6) is 1.62. The molecule has 9 heteroatoms. The van der Waals surface area contributed by atoms with Crippen molar-refractivity contribution >= 4 is 33.5 Å². The summed E-state index contributed by atoms with van der Waals surface area (Å²) in [6, 6.07) is 4.64. The number of anilines is 2. The van der Waals surface area contributed by atoms with Gasteiger partial charge in [-0.1, -0.05) is 0 Å². The Morgan fingerprint density at radius 3 is 2.86 bits per heavy atom. The summed E-state index contributed by atoms with van der Waals surface area (Å²) in [6.07, 6.45) is 4.22. The predicted molar refractivity (Wildman–Crippen MR) is 78.9 cm³/mol. The molecule has 2 heterocycles. The lowest BCUT2D eigenvalue weighted by Crippen LogP contribution is -2.30. The zero-order chi connectivity index (χ0) is 15.0. The monoisotopic (exact) mass is 307 g/mol. The van der Waals surface area contributed by atoms with E-state index in [9.17, 15) is 8.42 Å². The first kappa shape index (κ1) is 13.4. The third kappa shape index (κ3) is 2.42. The maximum Gasteiger partial charge on any atom is 0.198 e. The standard InChI is InChI=1S/C12H13N5O3S/c1-20-10-5-8(21(2,18)19)3-4-9(10)17-7-15-11-12(16-17)14-6-13-11/h3-7,16H,1-2H3,(H,13,14). The van der Waals surface area contributed by atoms with Crippen molar-refractivity contribution < 1.29 is 13.2 Å². The number of hydrogen-bond donors (Lipinski definition) is 2. The molecule has 0 unspecified atom stereocenters. The van der Waals surface area contributed by atoms with Crippen molar-refractivity contribution in [2.24, 2.45) is 4.99 Å². The number of imidazole rings is 1. The number of hydrogen-bond acceptors (Lipinski definition) is 7. The quantitative estimate of drug-likeness (QED) is 0.887. The van der Waals surface area contributed by atoms with Gasteiger partial charge >= 0.3 is 0 Å². The molecule has 8 nitrogen and oxygen atoms in total. The molecule has 1 aliphatic heterocycles. The molecule has 0 saturated carbocycles. The molecule has 0 spiro atoms. The van der Waals surface area contributed by atoms with Crippen LogP contribution in [0.1, 0.15) is 0 Å². The highest BCUT2D eigenvalue weighted by Crippen LogP contribution is 2.33. The highest BCUT2D eigenvalue weighted by molar-refractivity contribution is 7.90. The zero-order valence-electron chi connectivity index (χ0n) is 11.4. The number of nitrogens with one attached hydrogen (secondary N) is 2. The maximum absolute atomic E-state index is 11.6. The number of benzene rings is 1. The van der Waals surface area contributed by atoms with Crippen LogP contribution in [0.4, 0.5) is 17.3 Å². The Morgan fingerprint density at radius 1 is 1.33 bits per heavy atom. The number of methoxy groups -OCH3 is 1. The lowest BCUT2D eigenvalue weighted by atomic mass is 10.3. The van der Waals surface area contributed by atoms with Gasteiger partial charge in [-0.15, -0.1) is 0 Å². The highest BCUT2D eigenvalue weighted by atomic mass is 32.2. The molecule has 2 N–H and O–H groups in total. The minimum Gasteiger partial charge on any atom is -0.494 e. The van der Waals surface area contributed by atoms with Crippen molar-refractivity contribution in [3.63, 3.8) is 0 Å². The number of aromatic amines is 1. The first-order valence-corrected chi connectivity index (χ1v) is 7.90. The van der Waals surface area contributed by atoms with Crippen molar-refractivity contribution in [2.45, 2.75) is 4.90 Å². The van der Waals surface area contributed by atoms with E-state index in [1.54, 1.807) is 17.4 Å². The van der Waals surface area contributed by atoms with Crippen molar-refractivity contribution in [3.05, 3.63) is 24.5 Å². The minimum atomic E-state index is -3.29. The largest absolute Gasteiger partial charge is 0.494 e. The van der Waals surface area contributed by atoms with Gasteiger partial charge in [-0.2, -0.15) is 0 Å². The molecule has 1 aliphatic rings. The average molecular weight is 307 g/mol. The van der Waals surface area contributed by atoms with Gasteiger partial charge in [-0.05, 0) is 12.1 Å². The van der Waals surface area contributed by atoms with E-state index in [1.165, 1.54) is 25.6 Å². The highest BCUT2D eigenvalue weighted by Gasteiger charge is 2.19. The van der Waals surface area contributed by atoms with Crippen LogP contribution in [0.2, 0.25) is 0 Å². The molecular weight excluding hydrogens is 294 g/mol. The Balaban J connectivity index is 2.00. The van der Waals surface area contributed by atoms with Gasteiger partial charge in [0.05, 0.1) is 18.3 Å². The van der Waals surface area contributed by atoms with Crippen LogP contribution < -0.4 is 15.2 Å². The third-order valence-electron chi connectivity index (χ3n) is 2.99. The molecule has 0 bridgehead atoms. The van der Waals surface area contributed by atoms with Gasteiger partial charge in [-0.3, -0.25) is 5.43 Å². The predicted octanol–water partition coefficient (Wildman–Crippen LogP) is 1.33. The maximum atomic E-state index is 11.6. The van der Waals surface area contributed by atoms with Crippen LogP contribution in [0, 0.1) is 0 Å². The molecular formula is C12H13N5O3S. The normalized spacial score (nSPS) is 13.7. The van der Waals surface area contributed by atoms with Crippen LogP contribution >= 0.6 is 0 Å². The Morgan fingerprint density at radius 2 is 2.14 bits per heavy atom. The number of rotatable bonds is 3. The van der Waals surface area contributed by atoms with Crippen LogP contribution in [0.25, 0.3) is 0 Å². The second kappa shape index (κ2) is 4.77. The summed E-state index contributed by atoms with van der Waals surface area (Å²) in [5, 5.41) is 1.62. The molecule has 0 radical (unpaired) electrons. The van der Waals surface area contributed by atoms with Gasteiger partial charge in [0.15, 0.2) is 21.5 Å². The lowest BCUT2D eigenvalue weighted by molar-refractivity contribution is 0.414. The van der Waals surface area contributed by atoms with Crippen LogP contribution in [0.5, 0.6) is 5.75 Å². The number of aromatic nitrogens is 2. The fourth-order valence-corrected chi connectivity index (χ4v) is 2.58. The topological polar surface area (TPSA) is 99.7 Å². The number of hydrazine groups is 1. The summed E-state index contributed by atoms with van der Waals surface area (Å²) in [4.78, 5) is 11.3. The van der Waals surface area contributed by atoms with Gasteiger partial charge in [-0.25, -0.2) is 23.4 Å². The molecule has 3 rings (SSSR count). The number of aliphatic imine (C=N–C) groups is 1. The van der Waals surface area contributed by atoms with Gasteiger partial charge in [0.25, 0.3) is 0 Å². The molecule has 2 aromatic rings. The number of H-pyrrole nitrogens is 1. The minimum absolute atomic E-state index is 0.194. The van der Waals surface area contributed by atoms with Crippen molar-refractivity contribution in [2.75, 3.05) is 23.8 Å². The van der Waals surface area contributed by atoms with E-state index in [0.29, 0.717) is 23.1 Å². The molecule has 110 valence electrons. The lowest BCUT2D eigenvalue weighted by Gasteiger charge is -2.25. The number of fused-ring (bicyclic) bond motifs is 1. The number of ether oxygens (including phenoxy) is 1. The number of sulfone groups is 1. The van der Waals surface area contributed by atoms with Crippen LogP contribution in [0.3, 0.4) is 0 Å². The second-order valence-electron chi connectivity index (χ2n) is 4.43. The van der Waals surface area contributed by atoms with E-state index in [4.69, 9.17) is 4.74 Å². The van der Waals surface area contributed by atoms with E-state index < -0.39 is 9.84 Å². The Labute approximate surface area is 121 Å². The van der Waals surface area contributed by atoms with E-state index in [0.717, 1.165) is 6.26 Å². The van der Waals surface area contributed by atoms with Gasteiger partial charge < -0.3 is 9.72 Å². The Hall–Kier alpha value is -2.55. The number of nitrogens with zero attached hydrogens (tertiary/aromatic N) is 3. The third-order valence-corrected chi connectivity index (χ3v) is 4.10. The second-order valence-corrected chi connectivity index (χ2v) is 6.45.